The Morgan fingerprint density at radius 1 is 1.52 bits per heavy atom. The highest BCUT2D eigenvalue weighted by Crippen LogP contribution is 2.17. The van der Waals surface area contributed by atoms with Gasteiger partial charge in [0.25, 0.3) is 0 Å². The molecule has 0 atom stereocenters. The summed E-state index contributed by atoms with van der Waals surface area (Å²) in [7, 11) is 0. The molecule has 0 amide bonds. The highest BCUT2D eigenvalue weighted by Gasteiger charge is 2.10. The molecule has 21 heavy (non-hydrogen) atoms. The molecule has 0 aliphatic heterocycles. The molecular weight excluding hydrogens is 278 g/mol. The van der Waals surface area contributed by atoms with Gasteiger partial charge in [0.15, 0.2) is 0 Å². The molecule has 0 saturated carbocycles. The third-order valence-corrected chi connectivity index (χ3v) is 2.57. The van der Waals surface area contributed by atoms with Gasteiger partial charge in [-0.05, 0) is 18.2 Å². The predicted octanol–water partition coefficient (Wildman–Crippen LogP) is 2.12. The maximum atomic E-state index is 10.7. The van der Waals surface area contributed by atoms with E-state index in [9.17, 15) is 14.9 Å². The van der Waals surface area contributed by atoms with Gasteiger partial charge in [-0.2, -0.15) is 0 Å². The average molecular weight is 291 g/mol. The van der Waals surface area contributed by atoms with Gasteiger partial charge in [-0.15, -0.1) is 0 Å². The van der Waals surface area contributed by atoms with Gasteiger partial charge in [0.2, 0.25) is 0 Å². The van der Waals surface area contributed by atoms with Crippen molar-refractivity contribution in [3.8, 4) is 0 Å². The number of furan rings is 1. The number of aromatic nitrogens is 2. The van der Waals surface area contributed by atoms with Gasteiger partial charge < -0.3 is 13.7 Å². The zero-order valence-electron chi connectivity index (χ0n) is 11.3. The minimum atomic E-state index is -0.600. The summed E-state index contributed by atoms with van der Waals surface area (Å²) >= 11 is 0. The van der Waals surface area contributed by atoms with Crippen molar-refractivity contribution in [3.05, 3.63) is 46.2 Å². The first-order chi connectivity index (χ1) is 10.1. The molecule has 0 bridgehead atoms. The van der Waals surface area contributed by atoms with Crippen LogP contribution < -0.4 is 0 Å². The lowest BCUT2D eigenvalue weighted by Crippen LogP contribution is -2.09. The zero-order valence-corrected chi connectivity index (χ0v) is 11.3. The van der Waals surface area contributed by atoms with Crippen molar-refractivity contribution in [2.75, 3.05) is 6.61 Å². The van der Waals surface area contributed by atoms with Crippen LogP contribution in [0.15, 0.2) is 28.9 Å². The van der Waals surface area contributed by atoms with Crippen LogP contribution in [0.1, 0.15) is 18.5 Å². The van der Waals surface area contributed by atoms with Gasteiger partial charge in [-0.25, -0.2) is 4.98 Å². The first kappa shape index (κ1) is 14.5. The Morgan fingerprint density at radius 3 is 3.00 bits per heavy atom. The van der Waals surface area contributed by atoms with Gasteiger partial charge in [-0.1, -0.05) is 0 Å². The van der Waals surface area contributed by atoms with Crippen LogP contribution in [0.3, 0.4) is 0 Å². The predicted molar refractivity (Wildman–Crippen MR) is 73.2 cm³/mol. The van der Waals surface area contributed by atoms with E-state index in [2.05, 4.69) is 4.98 Å². The number of esters is 1. The monoisotopic (exact) mass is 291 g/mol. The number of nitro groups is 1. The number of nitrogens with zero attached hydrogens (tertiary/aromatic N) is 3. The quantitative estimate of drug-likeness (QED) is 0.459. The van der Waals surface area contributed by atoms with E-state index in [4.69, 9.17) is 9.15 Å². The normalized spacial score (nSPS) is 10.9. The number of rotatable bonds is 6. The Morgan fingerprint density at radius 2 is 2.33 bits per heavy atom. The summed E-state index contributed by atoms with van der Waals surface area (Å²) in [6.45, 7) is 2.06. The molecule has 0 spiro atoms. The summed E-state index contributed by atoms with van der Waals surface area (Å²) < 4.78 is 11.6. The largest absolute Gasteiger partial charge is 0.464 e. The van der Waals surface area contributed by atoms with E-state index in [0.29, 0.717) is 18.1 Å². The maximum Gasteiger partial charge on any atom is 0.433 e. The Labute approximate surface area is 119 Å². The molecule has 0 fully saturated rings. The van der Waals surface area contributed by atoms with E-state index in [1.54, 1.807) is 29.1 Å². The molecule has 2 rings (SSSR count). The fourth-order valence-electron chi connectivity index (χ4n) is 1.64. The molecule has 2 heterocycles. The Kier molecular flexibility index (Phi) is 4.50. The first-order valence-corrected chi connectivity index (χ1v) is 6.13. The number of ether oxygens (including phenoxy) is 1. The molecule has 8 heteroatoms. The number of hydrogen-bond donors (Lipinski definition) is 0. The second kappa shape index (κ2) is 6.51. The summed E-state index contributed by atoms with van der Waals surface area (Å²) in [6.07, 6.45) is 6.60. The summed E-state index contributed by atoms with van der Waals surface area (Å²) in [5, 5.41) is 10.5. The van der Waals surface area contributed by atoms with Crippen molar-refractivity contribution >= 4 is 24.0 Å². The minimum absolute atomic E-state index is 0.249. The molecule has 0 N–H and O–H groups in total. The minimum Gasteiger partial charge on any atom is -0.464 e. The van der Waals surface area contributed by atoms with Crippen molar-refractivity contribution in [3.63, 3.8) is 0 Å². The Bertz CT molecular complexity index is 671. The van der Waals surface area contributed by atoms with E-state index in [-0.39, 0.29) is 18.5 Å². The van der Waals surface area contributed by atoms with Crippen LogP contribution in [0.4, 0.5) is 5.88 Å². The maximum absolute atomic E-state index is 10.7. The molecule has 0 aliphatic rings. The highest BCUT2D eigenvalue weighted by atomic mass is 16.6. The van der Waals surface area contributed by atoms with Crippen molar-refractivity contribution in [2.45, 2.75) is 13.5 Å². The van der Waals surface area contributed by atoms with Crippen LogP contribution in [0.5, 0.6) is 0 Å². The van der Waals surface area contributed by atoms with Crippen molar-refractivity contribution in [1.29, 1.82) is 0 Å². The molecule has 0 unspecified atom stereocenters. The van der Waals surface area contributed by atoms with Crippen LogP contribution in [0.25, 0.3) is 12.2 Å². The molecular formula is C13H13N3O5. The molecule has 0 aliphatic carbocycles. The van der Waals surface area contributed by atoms with Gasteiger partial charge in [0, 0.05) is 19.3 Å². The lowest BCUT2D eigenvalue weighted by Gasteiger charge is -2.04. The Balaban J connectivity index is 2.01. The van der Waals surface area contributed by atoms with Gasteiger partial charge >= 0.3 is 11.9 Å². The molecule has 0 aromatic carbocycles. The third kappa shape index (κ3) is 4.03. The summed E-state index contributed by atoms with van der Waals surface area (Å²) in [5.41, 5.74) is 0. The highest BCUT2D eigenvalue weighted by molar-refractivity contribution is 5.66. The second-order valence-corrected chi connectivity index (χ2v) is 4.09. The SMILES string of the molecule is CC(=O)OCCn1ccnc1C=Cc1ccc([N+](=O)[O-])o1. The van der Waals surface area contributed by atoms with E-state index < -0.39 is 4.92 Å². The standard InChI is InChI=1S/C13H13N3O5/c1-10(17)20-9-8-15-7-6-14-12(15)4-2-11-3-5-13(21-11)16(18)19/h2-7H,8-9H2,1H3. The van der Waals surface area contributed by atoms with Crippen LogP contribution in [0, 0.1) is 10.1 Å². The molecule has 0 saturated heterocycles. The molecule has 8 nitrogen and oxygen atoms in total. The number of carbonyl (C=O) groups excluding carboxylic acids is 1. The van der Waals surface area contributed by atoms with E-state index in [1.165, 1.54) is 19.1 Å². The number of carbonyl (C=O) groups is 1. The first-order valence-electron chi connectivity index (χ1n) is 6.13. The van der Waals surface area contributed by atoms with Gasteiger partial charge in [0.1, 0.15) is 23.1 Å². The van der Waals surface area contributed by atoms with Crippen molar-refractivity contribution < 1.29 is 18.9 Å². The Hall–Kier alpha value is -2.90. The van der Waals surface area contributed by atoms with Crippen LogP contribution >= 0.6 is 0 Å². The van der Waals surface area contributed by atoms with E-state index in [0.717, 1.165) is 0 Å². The third-order valence-electron chi connectivity index (χ3n) is 2.57. The van der Waals surface area contributed by atoms with E-state index in [1.807, 2.05) is 0 Å². The van der Waals surface area contributed by atoms with Gasteiger partial charge in [0.05, 0.1) is 12.6 Å². The number of imidazole rings is 1. The zero-order chi connectivity index (χ0) is 15.2. The number of hydrogen-bond acceptors (Lipinski definition) is 6. The van der Waals surface area contributed by atoms with Gasteiger partial charge in [-0.3, -0.25) is 14.9 Å². The molecule has 110 valence electrons. The lowest BCUT2D eigenvalue weighted by molar-refractivity contribution is -0.402. The van der Waals surface area contributed by atoms with Crippen molar-refractivity contribution in [1.82, 2.24) is 9.55 Å². The summed E-state index contributed by atoms with van der Waals surface area (Å²) in [4.78, 5) is 24.7. The average Bonchev–Trinajstić information content (AvgIpc) is 3.04. The fraction of sp³-hybridized carbons (Fsp3) is 0.231. The van der Waals surface area contributed by atoms with Crippen molar-refractivity contribution in [2.24, 2.45) is 0 Å². The smallest absolute Gasteiger partial charge is 0.433 e. The van der Waals surface area contributed by atoms with E-state index >= 15 is 0 Å². The van der Waals surface area contributed by atoms with Crippen LogP contribution in [-0.2, 0) is 16.1 Å². The molecule has 0 radical (unpaired) electrons. The molecule has 2 aromatic rings. The second-order valence-electron chi connectivity index (χ2n) is 4.09. The lowest BCUT2D eigenvalue weighted by atomic mass is 10.4. The molecule has 2 aromatic heterocycles. The van der Waals surface area contributed by atoms with Crippen LogP contribution in [-0.4, -0.2) is 27.1 Å². The topological polar surface area (TPSA) is 100 Å². The summed E-state index contributed by atoms with van der Waals surface area (Å²) in [6, 6.07) is 2.79. The fourth-order valence-corrected chi connectivity index (χ4v) is 1.64. The van der Waals surface area contributed by atoms with Crippen LogP contribution in [0.2, 0.25) is 0 Å². The summed E-state index contributed by atoms with van der Waals surface area (Å²) in [5.74, 6) is 0.334.